The highest BCUT2D eigenvalue weighted by molar-refractivity contribution is 9.11. The van der Waals surface area contributed by atoms with E-state index in [0.717, 1.165) is 30.2 Å². The molecule has 92 valence electrons. The van der Waals surface area contributed by atoms with E-state index in [0.29, 0.717) is 6.54 Å². The number of nitrogens with zero attached hydrogens (tertiary/aromatic N) is 1. The van der Waals surface area contributed by atoms with Gasteiger partial charge in [-0.25, -0.2) is 0 Å². The second kappa shape index (κ2) is 5.82. The average Bonchev–Trinajstić information content (AvgIpc) is 2.16. The zero-order valence-electron chi connectivity index (χ0n) is 9.84. The number of carboxylic acids is 1. The molecule has 1 saturated carbocycles. The maximum absolute atomic E-state index is 11.0. The van der Waals surface area contributed by atoms with Crippen molar-refractivity contribution in [3.8, 4) is 0 Å². The number of carbonyl (C=O) groups is 1. The fraction of sp³-hybridized carbons (Fsp3) is 0.750. The Morgan fingerprint density at radius 1 is 1.44 bits per heavy atom. The van der Waals surface area contributed by atoms with Gasteiger partial charge >= 0.3 is 5.97 Å². The number of hydrogen-bond acceptors (Lipinski definition) is 2. The van der Waals surface area contributed by atoms with E-state index < -0.39 is 5.97 Å². The Bertz CT molecular complexity index is 272. The Morgan fingerprint density at radius 2 is 2.00 bits per heavy atom. The van der Waals surface area contributed by atoms with E-state index in [1.54, 1.807) is 0 Å². The van der Waals surface area contributed by atoms with Gasteiger partial charge in [0.15, 0.2) is 0 Å². The smallest absolute Gasteiger partial charge is 0.305 e. The van der Waals surface area contributed by atoms with Crippen molar-refractivity contribution in [1.29, 1.82) is 0 Å². The third kappa shape index (κ3) is 3.59. The molecule has 1 rings (SSSR count). The molecule has 0 aliphatic heterocycles. The Hall–Kier alpha value is -0.350. The minimum atomic E-state index is -0.700. The lowest BCUT2D eigenvalue weighted by molar-refractivity contribution is -0.141. The molecule has 0 aromatic carbocycles. The van der Waals surface area contributed by atoms with Gasteiger partial charge in [-0.15, -0.1) is 0 Å². The predicted molar refractivity (Wildman–Crippen MR) is 68.8 cm³/mol. The van der Waals surface area contributed by atoms with Crippen molar-refractivity contribution < 1.29 is 9.90 Å². The molecule has 0 unspecified atom stereocenters. The van der Waals surface area contributed by atoms with Crippen LogP contribution in [0.25, 0.3) is 0 Å². The summed E-state index contributed by atoms with van der Waals surface area (Å²) in [7, 11) is 2.00. The van der Waals surface area contributed by atoms with Gasteiger partial charge in [0.1, 0.15) is 0 Å². The summed E-state index contributed by atoms with van der Waals surface area (Å²) in [6, 6.07) is 0. The highest BCUT2D eigenvalue weighted by Gasteiger charge is 2.37. The van der Waals surface area contributed by atoms with E-state index in [1.807, 2.05) is 7.05 Å². The molecule has 0 heterocycles. The molecule has 0 amide bonds. The van der Waals surface area contributed by atoms with E-state index in [9.17, 15) is 4.79 Å². The fourth-order valence-electron chi connectivity index (χ4n) is 2.61. The Kier molecular flexibility index (Phi) is 4.99. The minimum absolute atomic E-state index is 0.166. The van der Waals surface area contributed by atoms with Gasteiger partial charge in [0, 0.05) is 16.6 Å². The summed E-state index contributed by atoms with van der Waals surface area (Å²) in [5, 5.41) is 9.05. The molecule has 0 spiro atoms. The highest BCUT2D eigenvalue weighted by atomic mass is 79.9. The molecule has 0 atom stereocenters. The number of likely N-dealkylation sites (N-methyl/N-ethyl adjacent to an activating group) is 1. The molecule has 4 heteroatoms. The van der Waals surface area contributed by atoms with Crippen LogP contribution in [0.3, 0.4) is 0 Å². The molecule has 0 aromatic rings. The SMILES string of the molecule is C=C(Br)CN(C)C1(CC(=O)O)CCCCC1. The van der Waals surface area contributed by atoms with Gasteiger partial charge in [-0.05, 0) is 19.9 Å². The second-order valence-electron chi connectivity index (χ2n) is 4.73. The Labute approximate surface area is 106 Å². The van der Waals surface area contributed by atoms with Crippen LogP contribution in [-0.2, 0) is 4.79 Å². The molecule has 1 N–H and O–H groups in total. The van der Waals surface area contributed by atoms with Crippen molar-refractivity contribution in [2.75, 3.05) is 13.6 Å². The molecular weight excluding hydrogens is 270 g/mol. The largest absolute Gasteiger partial charge is 0.481 e. The van der Waals surface area contributed by atoms with Crippen molar-refractivity contribution >= 4 is 21.9 Å². The van der Waals surface area contributed by atoms with Crippen LogP contribution >= 0.6 is 15.9 Å². The monoisotopic (exact) mass is 289 g/mol. The van der Waals surface area contributed by atoms with Crippen LogP contribution in [0.2, 0.25) is 0 Å². The van der Waals surface area contributed by atoms with Crippen LogP contribution in [0.5, 0.6) is 0 Å². The van der Waals surface area contributed by atoms with Crippen molar-refractivity contribution in [2.24, 2.45) is 0 Å². The van der Waals surface area contributed by atoms with Gasteiger partial charge in [0.05, 0.1) is 6.42 Å². The summed E-state index contributed by atoms with van der Waals surface area (Å²) >= 11 is 3.35. The lowest BCUT2D eigenvalue weighted by Gasteiger charge is -2.44. The maximum Gasteiger partial charge on any atom is 0.305 e. The number of aliphatic carboxylic acids is 1. The highest BCUT2D eigenvalue weighted by Crippen LogP contribution is 2.36. The molecule has 0 radical (unpaired) electrons. The third-order valence-electron chi connectivity index (χ3n) is 3.48. The average molecular weight is 290 g/mol. The van der Waals surface area contributed by atoms with Crippen molar-refractivity contribution in [3.05, 3.63) is 11.1 Å². The molecule has 0 bridgehead atoms. The molecular formula is C12H20BrNO2. The molecule has 0 saturated heterocycles. The van der Waals surface area contributed by atoms with Crippen molar-refractivity contribution in [1.82, 2.24) is 4.90 Å². The van der Waals surface area contributed by atoms with E-state index >= 15 is 0 Å². The van der Waals surface area contributed by atoms with E-state index in [-0.39, 0.29) is 12.0 Å². The lowest BCUT2D eigenvalue weighted by Crippen LogP contribution is -2.49. The van der Waals surface area contributed by atoms with E-state index in [4.69, 9.17) is 5.11 Å². The zero-order chi connectivity index (χ0) is 12.2. The summed E-state index contributed by atoms with van der Waals surface area (Å²) in [5.74, 6) is -0.700. The first-order chi connectivity index (χ1) is 7.46. The summed E-state index contributed by atoms with van der Waals surface area (Å²) < 4.78 is 0.908. The van der Waals surface area contributed by atoms with Gasteiger partial charge in [-0.1, -0.05) is 41.8 Å². The van der Waals surface area contributed by atoms with Crippen LogP contribution in [0.1, 0.15) is 38.5 Å². The van der Waals surface area contributed by atoms with Gasteiger partial charge in [-0.3, -0.25) is 9.69 Å². The quantitative estimate of drug-likeness (QED) is 0.846. The molecule has 3 nitrogen and oxygen atoms in total. The van der Waals surface area contributed by atoms with Gasteiger partial charge in [-0.2, -0.15) is 0 Å². The van der Waals surface area contributed by atoms with Crippen molar-refractivity contribution in [3.63, 3.8) is 0 Å². The first-order valence-corrected chi connectivity index (χ1v) is 6.52. The fourth-order valence-corrected chi connectivity index (χ4v) is 2.99. The normalized spacial score (nSPS) is 19.7. The van der Waals surface area contributed by atoms with Crippen LogP contribution in [-0.4, -0.2) is 35.1 Å². The predicted octanol–water partition coefficient (Wildman–Crippen LogP) is 3.00. The molecule has 1 aliphatic carbocycles. The maximum atomic E-state index is 11.0. The number of hydrogen-bond donors (Lipinski definition) is 1. The van der Waals surface area contributed by atoms with Crippen molar-refractivity contribution in [2.45, 2.75) is 44.1 Å². The molecule has 1 fully saturated rings. The standard InChI is InChI=1S/C12H20BrNO2/c1-10(13)9-14(2)12(8-11(15)16)6-4-3-5-7-12/h1,3-9H2,2H3,(H,15,16). The Balaban J connectivity index is 2.75. The van der Waals surface area contributed by atoms with E-state index in [2.05, 4.69) is 27.4 Å². The van der Waals surface area contributed by atoms with Gasteiger partial charge < -0.3 is 5.11 Å². The first-order valence-electron chi connectivity index (χ1n) is 5.73. The summed E-state index contributed by atoms with van der Waals surface area (Å²) in [6.07, 6.45) is 5.69. The number of halogens is 1. The molecule has 1 aliphatic rings. The lowest BCUT2D eigenvalue weighted by atomic mass is 9.78. The second-order valence-corrected chi connectivity index (χ2v) is 5.85. The first kappa shape index (κ1) is 13.7. The van der Waals surface area contributed by atoms with Gasteiger partial charge in [0.25, 0.3) is 0 Å². The van der Waals surface area contributed by atoms with Crippen LogP contribution in [0.4, 0.5) is 0 Å². The van der Waals surface area contributed by atoms with E-state index in [1.165, 1.54) is 6.42 Å². The molecule has 0 aromatic heterocycles. The summed E-state index contributed by atoms with van der Waals surface area (Å²) in [5.41, 5.74) is -0.166. The third-order valence-corrected chi connectivity index (χ3v) is 3.73. The number of rotatable bonds is 5. The number of carboxylic acid groups (broad SMARTS) is 1. The summed E-state index contributed by atoms with van der Waals surface area (Å²) in [4.78, 5) is 13.2. The summed E-state index contributed by atoms with van der Waals surface area (Å²) in [6.45, 7) is 4.54. The Morgan fingerprint density at radius 3 is 2.44 bits per heavy atom. The zero-order valence-corrected chi connectivity index (χ0v) is 11.4. The van der Waals surface area contributed by atoms with Crippen LogP contribution in [0.15, 0.2) is 11.1 Å². The van der Waals surface area contributed by atoms with Crippen LogP contribution < -0.4 is 0 Å². The van der Waals surface area contributed by atoms with Gasteiger partial charge in [0.2, 0.25) is 0 Å². The molecule has 16 heavy (non-hydrogen) atoms. The minimum Gasteiger partial charge on any atom is -0.481 e. The topological polar surface area (TPSA) is 40.5 Å². The van der Waals surface area contributed by atoms with Crippen LogP contribution in [0, 0.1) is 0 Å².